The van der Waals surface area contributed by atoms with Gasteiger partial charge in [0.2, 0.25) is 15.9 Å². The van der Waals surface area contributed by atoms with Gasteiger partial charge in [-0.25, -0.2) is 8.42 Å². The lowest BCUT2D eigenvalue weighted by molar-refractivity contribution is -0.121. The number of sulfonamides is 1. The minimum Gasteiger partial charge on any atom is -0.368 e. The molecule has 1 aliphatic heterocycles. The summed E-state index contributed by atoms with van der Waals surface area (Å²) in [5.41, 5.74) is 8.48. The van der Waals surface area contributed by atoms with Gasteiger partial charge in [-0.05, 0) is 63.6 Å². The Bertz CT molecular complexity index is 1480. The van der Waals surface area contributed by atoms with Crippen LogP contribution in [0.1, 0.15) is 38.8 Å². The number of primary amides is 1. The van der Waals surface area contributed by atoms with Crippen LogP contribution in [0.3, 0.4) is 0 Å². The molecule has 8 nitrogen and oxygen atoms in total. The SMILES string of the molecule is CC(C)S(=O)(=O)N(c1ccc(N/C(=C2\C(=O)Nc3ccccc32)c2ccccc2)cc1)C(C)(C)C(N)=O. The standard InChI is InChI=1S/C28H30N4O4S/c1-18(2)37(35,36)32(28(3,4)27(29)34)21-16-14-20(15-17-21)30-25(19-10-6-5-7-11-19)24-22-12-8-9-13-23(22)31-26(24)33/h5-18,30H,1-4H3,(H2,29,34)(H,31,33)/b25-24-. The summed E-state index contributed by atoms with van der Waals surface area (Å²) in [4.78, 5) is 25.2. The summed E-state index contributed by atoms with van der Waals surface area (Å²) in [6.07, 6.45) is 0. The fraction of sp³-hybridized carbons (Fsp3) is 0.214. The van der Waals surface area contributed by atoms with Gasteiger partial charge in [0.15, 0.2) is 0 Å². The highest BCUT2D eigenvalue weighted by Crippen LogP contribution is 2.38. The van der Waals surface area contributed by atoms with E-state index in [1.807, 2.05) is 54.6 Å². The number of para-hydroxylation sites is 1. The van der Waals surface area contributed by atoms with Crippen molar-refractivity contribution in [2.24, 2.45) is 5.73 Å². The van der Waals surface area contributed by atoms with Crippen LogP contribution < -0.4 is 20.7 Å². The molecule has 0 fully saturated rings. The molecule has 0 aromatic heterocycles. The molecule has 2 amide bonds. The minimum absolute atomic E-state index is 0.221. The van der Waals surface area contributed by atoms with E-state index in [4.69, 9.17) is 5.73 Å². The second kappa shape index (κ2) is 9.74. The number of nitrogens with zero attached hydrogens (tertiary/aromatic N) is 1. The van der Waals surface area contributed by atoms with Crippen LogP contribution in [-0.2, 0) is 19.6 Å². The van der Waals surface area contributed by atoms with E-state index in [9.17, 15) is 18.0 Å². The molecule has 3 aromatic rings. The summed E-state index contributed by atoms with van der Waals surface area (Å²) in [7, 11) is -3.88. The molecule has 4 rings (SSSR count). The molecule has 0 saturated carbocycles. The van der Waals surface area contributed by atoms with Crippen LogP contribution >= 0.6 is 0 Å². The van der Waals surface area contributed by atoms with E-state index in [0.717, 1.165) is 21.1 Å². The van der Waals surface area contributed by atoms with Gasteiger partial charge in [-0.3, -0.25) is 13.9 Å². The lowest BCUT2D eigenvalue weighted by Gasteiger charge is -2.38. The normalized spacial score (nSPS) is 14.7. The molecule has 0 radical (unpaired) electrons. The van der Waals surface area contributed by atoms with Gasteiger partial charge in [0.1, 0.15) is 5.54 Å². The van der Waals surface area contributed by atoms with Crippen LogP contribution in [0.2, 0.25) is 0 Å². The third kappa shape index (κ3) is 4.82. The number of nitrogens with one attached hydrogen (secondary N) is 2. The Kier molecular flexibility index (Phi) is 6.84. The summed E-state index contributed by atoms with van der Waals surface area (Å²) in [6.45, 7) is 6.07. The monoisotopic (exact) mass is 518 g/mol. The number of amides is 2. The third-order valence-corrected chi connectivity index (χ3v) is 8.68. The van der Waals surface area contributed by atoms with Crippen LogP contribution in [0.25, 0.3) is 11.3 Å². The molecule has 0 atom stereocenters. The van der Waals surface area contributed by atoms with Gasteiger partial charge in [-0.2, -0.15) is 0 Å². The Morgan fingerprint density at radius 1 is 0.946 bits per heavy atom. The number of hydrogen-bond donors (Lipinski definition) is 3. The van der Waals surface area contributed by atoms with Gasteiger partial charge in [-0.15, -0.1) is 0 Å². The zero-order valence-electron chi connectivity index (χ0n) is 21.1. The van der Waals surface area contributed by atoms with Crippen molar-refractivity contribution in [2.75, 3.05) is 14.9 Å². The maximum absolute atomic E-state index is 13.2. The molecule has 0 unspecified atom stereocenters. The maximum atomic E-state index is 13.2. The molecule has 1 heterocycles. The maximum Gasteiger partial charge on any atom is 0.258 e. The molecular formula is C28H30N4O4S. The van der Waals surface area contributed by atoms with Gasteiger partial charge in [-0.1, -0.05) is 48.5 Å². The molecule has 9 heteroatoms. The van der Waals surface area contributed by atoms with E-state index in [1.54, 1.807) is 38.1 Å². The second-order valence-electron chi connectivity index (χ2n) is 9.57. The van der Waals surface area contributed by atoms with Crippen molar-refractivity contribution in [3.8, 4) is 0 Å². The quantitative estimate of drug-likeness (QED) is 0.381. The number of carbonyl (C=O) groups excluding carboxylic acids is 2. The average Bonchev–Trinajstić information content (AvgIpc) is 3.19. The van der Waals surface area contributed by atoms with E-state index in [0.29, 0.717) is 22.6 Å². The fourth-order valence-electron chi connectivity index (χ4n) is 4.17. The highest BCUT2D eigenvalue weighted by molar-refractivity contribution is 7.93. The Hall–Kier alpha value is -4.11. The molecule has 192 valence electrons. The zero-order valence-corrected chi connectivity index (χ0v) is 22.0. The largest absolute Gasteiger partial charge is 0.368 e. The zero-order chi connectivity index (χ0) is 27.0. The fourth-order valence-corrected chi connectivity index (χ4v) is 5.74. The number of fused-ring (bicyclic) bond motifs is 1. The number of hydrogen-bond acceptors (Lipinski definition) is 5. The molecule has 0 bridgehead atoms. The number of nitrogens with two attached hydrogens (primary N) is 1. The topological polar surface area (TPSA) is 122 Å². The Balaban J connectivity index is 1.79. The highest BCUT2D eigenvalue weighted by atomic mass is 32.2. The Morgan fingerprint density at radius 2 is 1.54 bits per heavy atom. The first kappa shape index (κ1) is 26.0. The van der Waals surface area contributed by atoms with E-state index >= 15 is 0 Å². The van der Waals surface area contributed by atoms with Crippen molar-refractivity contribution < 1.29 is 18.0 Å². The van der Waals surface area contributed by atoms with Crippen molar-refractivity contribution in [3.63, 3.8) is 0 Å². The molecule has 4 N–H and O–H groups in total. The summed E-state index contributed by atoms with van der Waals surface area (Å²) in [5.74, 6) is -0.984. The van der Waals surface area contributed by atoms with Crippen molar-refractivity contribution in [3.05, 3.63) is 90.0 Å². The lowest BCUT2D eigenvalue weighted by Crippen LogP contribution is -2.57. The predicted molar refractivity (Wildman–Crippen MR) is 148 cm³/mol. The smallest absolute Gasteiger partial charge is 0.258 e. The molecule has 3 aromatic carbocycles. The number of carbonyl (C=O) groups is 2. The molecule has 37 heavy (non-hydrogen) atoms. The van der Waals surface area contributed by atoms with Crippen molar-refractivity contribution >= 4 is 50.2 Å². The minimum atomic E-state index is -3.88. The van der Waals surface area contributed by atoms with Crippen LogP contribution in [0.4, 0.5) is 17.1 Å². The van der Waals surface area contributed by atoms with Gasteiger partial charge in [0.05, 0.1) is 22.2 Å². The summed E-state index contributed by atoms with van der Waals surface area (Å²) >= 11 is 0. The summed E-state index contributed by atoms with van der Waals surface area (Å²) in [5, 5.41) is 5.50. The van der Waals surface area contributed by atoms with Gasteiger partial charge >= 0.3 is 0 Å². The highest BCUT2D eigenvalue weighted by Gasteiger charge is 2.42. The average molecular weight is 519 g/mol. The molecule has 0 spiro atoms. The van der Waals surface area contributed by atoms with E-state index in [2.05, 4.69) is 10.6 Å². The molecule has 1 aliphatic rings. The summed E-state index contributed by atoms with van der Waals surface area (Å²) in [6, 6.07) is 23.6. The van der Waals surface area contributed by atoms with E-state index in [-0.39, 0.29) is 5.91 Å². The van der Waals surface area contributed by atoms with E-state index in [1.165, 1.54) is 13.8 Å². The van der Waals surface area contributed by atoms with Crippen molar-refractivity contribution in [1.29, 1.82) is 0 Å². The lowest BCUT2D eigenvalue weighted by atomic mass is 10.00. The molecule has 0 saturated heterocycles. The Morgan fingerprint density at radius 3 is 2.14 bits per heavy atom. The molecule has 0 aliphatic carbocycles. The third-order valence-electron chi connectivity index (χ3n) is 6.32. The first-order chi connectivity index (χ1) is 17.4. The van der Waals surface area contributed by atoms with Gasteiger partial charge < -0.3 is 16.4 Å². The van der Waals surface area contributed by atoms with Crippen LogP contribution in [0.5, 0.6) is 0 Å². The van der Waals surface area contributed by atoms with Crippen LogP contribution in [-0.4, -0.2) is 31.0 Å². The van der Waals surface area contributed by atoms with E-state index < -0.39 is 26.7 Å². The van der Waals surface area contributed by atoms with Gasteiger partial charge in [0, 0.05) is 16.9 Å². The van der Waals surface area contributed by atoms with Crippen molar-refractivity contribution in [2.45, 2.75) is 38.5 Å². The van der Waals surface area contributed by atoms with Crippen LogP contribution in [0, 0.1) is 0 Å². The number of anilines is 3. The first-order valence-corrected chi connectivity index (χ1v) is 13.4. The first-order valence-electron chi connectivity index (χ1n) is 11.9. The molecular weight excluding hydrogens is 488 g/mol. The van der Waals surface area contributed by atoms with Crippen LogP contribution in [0.15, 0.2) is 78.9 Å². The van der Waals surface area contributed by atoms with Gasteiger partial charge in [0.25, 0.3) is 5.91 Å². The number of rotatable bonds is 8. The number of benzene rings is 3. The van der Waals surface area contributed by atoms with Crippen molar-refractivity contribution in [1.82, 2.24) is 0 Å². The predicted octanol–water partition coefficient (Wildman–Crippen LogP) is 4.43. The Labute approximate surface area is 217 Å². The summed E-state index contributed by atoms with van der Waals surface area (Å²) < 4.78 is 27.5. The second-order valence-corrected chi connectivity index (χ2v) is 11.9.